The molecule has 1 heterocycles. The summed E-state index contributed by atoms with van der Waals surface area (Å²) < 4.78 is 5.37. The van der Waals surface area contributed by atoms with Gasteiger partial charge in [-0.05, 0) is 36.4 Å². The lowest BCUT2D eigenvalue weighted by Gasteiger charge is -2.07. The van der Waals surface area contributed by atoms with Crippen molar-refractivity contribution in [3.63, 3.8) is 0 Å². The fourth-order valence-corrected chi connectivity index (χ4v) is 1.74. The molecule has 5 nitrogen and oxygen atoms in total. The van der Waals surface area contributed by atoms with Crippen LogP contribution in [0.3, 0.4) is 0 Å². The number of hydrogen-bond acceptors (Lipinski definition) is 4. The third-order valence-electron chi connectivity index (χ3n) is 2.70. The van der Waals surface area contributed by atoms with E-state index in [-0.39, 0.29) is 12.5 Å². The highest BCUT2D eigenvalue weighted by molar-refractivity contribution is 7.80. The lowest BCUT2D eigenvalue weighted by molar-refractivity contribution is -0.123. The van der Waals surface area contributed by atoms with Crippen molar-refractivity contribution < 1.29 is 9.53 Å². The second kappa shape index (κ2) is 7.35. The summed E-state index contributed by atoms with van der Waals surface area (Å²) in [6, 6.07) is 12.5. The number of amides is 1. The highest BCUT2D eigenvalue weighted by Gasteiger charge is 2.04. The molecule has 0 spiro atoms. The van der Waals surface area contributed by atoms with E-state index in [1.54, 1.807) is 30.5 Å². The zero-order valence-corrected chi connectivity index (χ0v) is 12.1. The number of nitrogens with two attached hydrogens (primary N) is 1. The Bertz CT molecular complexity index is 615. The second-order valence-corrected chi connectivity index (χ2v) is 4.71. The number of carbonyl (C=O) groups is 1. The van der Waals surface area contributed by atoms with Gasteiger partial charge in [0.15, 0.2) is 6.61 Å². The molecule has 0 saturated carbocycles. The van der Waals surface area contributed by atoms with Crippen molar-refractivity contribution in [1.82, 2.24) is 10.3 Å². The highest BCUT2D eigenvalue weighted by Crippen LogP contribution is 2.11. The van der Waals surface area contributed by atoms with Crippen LogP contribution in [-0.4, -0.2) is 22.5 Å². The Morgan fingerprint density at radius 3 is 2.62 bits per heavy atom. The van der Waals surface area contributed by atoms with Crippen LogP contribution in [0.25, 0.3) is 0 Å². The van der Waals surface area contributed by atoms with Gasteiger partial charge in [-0.25, -0.2) is 0 Å². The molecule has 0 saturated heterocycles. The van der Waals surface area contributed by atoms with Gasteiger partial charge in [0, 0.05) is 11.8 Å². The van der Waals surface area contributed by atoms with Crippen LogP contribution in [0.15, 0.2) is 48.7 Å². The Labute approximate surface area is 128 Å². The van der Waals surface area contributed by atoms with Crippen LogP contribution >= 0.6 is 12.2 Å². The SMILES string of the molecule is NC(=S)c1ccc(OCC(=O)NCc2ccccn2)cc1. The monoisotopic (exact) mass is 301 g/mol. The summed E-state index contributed by atoms with van der Waals surface area (Å²) in [4.78, 5) is 16.1. The number of nitrogens with zero attached hydrogens (tertiary/aromatic N) is 1. The molecule has 6 heteroatoms. The Kier molecular flexibility index (Phi) is 5.22. The minimum absolute atomic E-state index is 0.0563. The Balaban J connectivity index is 1.77. The van der Waals surface area contributed by atoms with E-state index in [1.807, 2.05) is 18.2 Å². The van der Waals surface area contributed by atoms with Gasteiger partial charge in [-0.2, -0.15) is 0 Å². The zero-order chi connectivity index (χ0) is 15.1. The third kappa shape index (κ3) is 4.85. The van der Waals surface area contributed by atoms with E-state index in [9.17, 15) is 4.79 Å². The van der Waals surface area contributed by atoms with Crippen LogP contribution in [0.5, 0.6) is 5.75 Å². The fourth-order valence-electron chi connectivity index (χ4n) is 1.61. The summed E-state index contributed by atoms with van der Waals surface area (Å²) >= 11 is 4.86. The molecule has 108 valence electrons. The van der Waals surface area contributed by atoms with E-state index in [2.05, 4.69) is 10.3 Å². The largest absolute Gasteiger partial charge is 0.484 e. The molecule has 0 fully saturated rings. The van der Waals surface area contributed by atoms with Gasteiger partial charge in [0.2, 0.25) is 0 Å². The quantitative estimate of drug-likeness (QED) is 0.789. The van der Waals surface area contributed by atoms with Gasteiger partial charge >= 0.3 is 0 Å². The fraction of sp³-hybridized carbons (Fsp3) is 0.133. The average molecular weight is 301 g/mol. The van der Waals surface area contributed by atoms with E-state index in [1.165, 1.54) is 0 Å². The van der Waals surface area contributed by atoms with Crippen molar-refractivity contribution >= 4 is 23.1 Å². The molecule has 3 N–H and O–H groups in total. The van der Waals surface area contributed by atoms with Gasteiger partial charge in [0.25, 0.3) is 5.91 Å². The minimum Gasteiger partial charge on any atom is -0.484 e. The maximum absolute atomic E-state index is 11.7. The van der Waals surface area contributed by atoms with Crippen LogP contribution in [0.4, 0.5) is 0 Å². The van der Waals surface area contributed by atoms with Gasteiger partial charge in [0.05, 0.1) is 12.2 Å². The summed E-state index contributed by atoms with van der Waals surface area (Å²) in [6.07, 6.45) is 1.68. The zero-order valence-electron chi connectivity index (χ0n) is 11.3. The number of nitrogens with one attached hydrogen (secondary N) is 1. The van der Waals surface area contributed by atoms with Gasteiger partial charge in [-0.1, -0.05) is 18.3 Å². The molecule has 0 aliphatic rings. The van der Waals surface area contributed by atoms with Crippen molar-refractivity contribution in [2.24, 2.45) is 5.73 Å². The van der Waals surface area contributed by atoms with E-state index in [4.69, 9.17) is 22.7 Å². The summed E-state index contributed by atoms with van der Waals surface area (Å²) in [5.74, 6) is 0.377. The van der Waals surface area contributed by atoms with Crippen molar-refractivity contribution in [3.05, 3.63) is 59.9 Å². The maximum atomic E-state index is 11.7. The smallest absolute Gasteiger partial charge is 0.258 e. The normalized spacial score (nSPS) is 9.90. The molecule has 0 atom stereocenters. The number of rotatable bonds is 6. The average Bonchev–Trinajstić information content (AvgIpc) is 2.52. The van der Waals surface area contributed by atoms with Crippen molar-refractivity contribution in [3.8, 4) is 5.75 Å². The van der Waals surface area contributed by atoms with Crippen LogP contribution < -0.4 is 15.8 Å². The molecule has 1 aromatic carbocycles. The third-order valence-corrected chi connectivity index (χ3v) is 2.94. The Hall–Kier alpha value is -2.47. The standard InChI is InChI=1S/C15H15N3O2S/c16-15(21)11-4-6-13(7-5-11)20-10-14(19)18-9-12-3-1-2-8-17-12/h1-8H,9-10H2,(H2,16,21)(H,18,19). The first-order valence-corrected chi connectivity index (χ1v) is 6.75. The van der Waals surface area contributed by atoms with Crippen molar-refractivity contribution in [1.29, 1.82) is 0 Å². The summed E-state index contributed by atoms with van der Waals surface area (Å²) in [7, 11) is 0. The molecule has 0 radical (unpaired) electrons. The first-order valence-electron chi connectivity index (χ1n) is 6.34. The number of aromatic nitrogens is 1. The molecule has 0 aliphatic carbocycles. The maximum Gasteiger partial charge on any atom is 0.258 e. The van der Waals surface area contributed by atoms with Crippen LogP contribution in [0, 0.1) is 0 Å². The summed E-state index contributed by atoms with van der Waals surface area (Å²) in [5, 5.41) is 2.73. The molecule has 2 rings (SSSR count). The number of pyridine rings is 1. The first-order chi connectivity index (χ1) is 10.1. The molecule has 0 aliphatic heterocycles. The summed E-state index contributed by atoms with van der Waals surface area (Å²) in [5.41, 5.74) is 7.06. The van der Waals surface area contributed by atoms with E-state index < -0.39 is 0 Å². The predicted molar refractivity (Wildman–Crippen MR) is 83.9 cm³/mol. The van der Waals surface area contributed by atoms with Crippen LogP contribution in [0.1, 0.15) is 11.3 Å². The number of carbonyl (C=O) groups excluding carboxylic acids is 1. The second-order valence-electron chi connectivity index (χ2n) is 4.28. The lowest BCUT2D eigenvalue weighted by Crippen LogP contribution is -2.28. The van der Waals surface area contributed by atoms with Crippen molar-refractivity contribution in [2.45, 2.75) is 6.54 Å². The van der Waals surface area contributed by atoms with Crippen LogP contribution in [-0.2, 0) is 11.3 Å². The predicted octanol–water partition coefficient (Wildman–Crippen LogP) is 1.41. The number of ether oxygens (including phenoxy) is 1. The van der Waals surface area contributed by atoms with E-state index in [0.717, 1.165) is 11.3 Å². The topological polar surface area (TPSA) is 77.2 Å². The number of hydrogen-bond donors (Lipinski definition) is 2. The summed E-state index contributed by atoms with van der Waals surface area (Å²) in [6.45, 7) is 0.322. The minimum atomic E-state index is -0.209. The molecular weight excluding hydrogens is 286 g/mol. The Morgan fingerprint density at radius 2 is 2.00 bits per heavy atom. The van der Waals surface area contributed by atoms with E-state index >= 15 is 0 Å². The number of thiocarbonyl (C=S) groups is 1. The lowest BCUT2D eigenvalue weighted by atomic mass is 10.2. The van der Waals surface area contributed by atoms with Gasteiger partial charge < -0.3 is 15.8 Å². The number of benzene rings is 1. The highest BCUT2D eigenvalue weighted by atomic mass is 32.1. The van der Waals surface area contributed by atoms with Crippen molar-refractivity contribution in [2.75, 3.05) is 6.61 Å². The molecule has 21 heavy (non-hydrogen) atoms. The van der Waals surface area contributed by atoms with Gasteiger partial charge in [-0.15, -0.1) is 0 Å². The first kappa shape index (κ1) is 14.9. The van der Waals surface area contributed by atoms with Gasteiger partial charge in [-0.3, -0.25) is 9.78 Å². The van der Waals surface area contributed by atoms with E-state index in [0.29, 0.717) is 17.3 Å². The van der Waals surface area contributed by atoms with Crippen LogP contribution in [0.2, 0.25) is 0 Å². The molecule has 2 aromatic rings. The Morgan fingerprint density at radius 1 is 1.24 bits per heavy atom. The molecular formula is C15H15N3O2S. The van der Waals surface area contributed by atoms with Gasteiger partial charge in [0.1, 0.15) is 10.7 Å². The molecule has 1 aromatic heterocycles. The molecule has 0 bridgehead atoms. The molecule has 1 amide bonds. The molecule has 0 unspecified atom stereocenters.